The van der Waals surface area contributed by atoms with Gasteiger partial charge in [-0.25, -0.2) is 4.79 Å². The maximum absolute atomic E-state index is 12.4. The summed E-state index contributed by atoms with van der Waals surface area (Å²) < 4.78 is 0.649. The summed E-state index contributed by atoms with van der Waals surface area (Å²) in [6.45, 7) is 3.40. The van der Waals surface area contributed by atoms with Crippen molar-refractivity contribution in [2.24, 2.45) is 5.92 Å². The second-order valence-corrected chi connectivity index (χ2v) is 6.10. The minimum Gasteiger partial charge on any atom is -0.480 e. The highest BCUT2D eigenvalue weighted by Gasteiger charge is 2.25. The first-order valence-corrected chi connectivity index (χ1v) is 7.45. The third-order valence-corrected chi connectivity index (χ3v) is 3.95. The first-order valence-electron chi connectivity index (χ1n) is 6.66. The predicted octanol–water partition coefficient (Wildman–Crippen LogP) is 2.13. The van der Waals surface area contributed by atoms with Crippen LogP contribution < -0.4 is 10.9 Å². The molecule has 1 atom stereocenters. The highest BCUT2D eigenvalue weighted by atomic mass is 79.9. The molecular weight excluding hydrogens is 352 g/mol. The summed E-state index contributed by atoms with van der Waals surface area (Å²) in [7, 11) is 0. The van der Waals surface area contributed by atoms with Gasteiger partial charge in [-0.15, -0.1) is 0 Å². The molecule has 1 amide bonds. The number of carboxylic acids is 1. The quantitative estimate of drug-likeness (QED) is 0.771. The van der Waals surface area contributed by atoms with Crippen LogP contribution in [0.3, 0.4) is 0 Å². The number of carbonyl (C=O) groups excluding carboxylic acids is 1. The highest BCUT2D eigenvalue weighted by Crippen LogP contribution is 2.23. The number of carbonyl (C=O) groups is 2. The fourth-order valence-corrected chi connectivity index (χ4v) is 2.63. The van der Waals surface area contributed by atoms with Gasteiger partial charge in [0.25, 0.3) is 5.91 Å². The lowest BCUT2D eigenvalue weighted by molar-refractivity contribution is -0.140. The molecule has 1 aromatic carbocycles. The van der Waals surface area contributed by atoms with Gasteiger partial charge in [-0.3, -0.25) is 9.59 Å². The zero-order chi connectivity index (χ0) is 16.4. The first kappa shape index (κ1) is 16.2. The van der Waals surface area contributed by atoms with E-state index in [1.807, 2.05) is 0 Å². The maximum Gasteiger partial charge on any atom is 0.326 e. The molecule has 2 aromatic rings. The van der Waals surface area contributed by atoms with Crippen LogP contribution in [-0.4, -0.2) is 28.0 Å². The molecule has 2 rings (SSSR count). The fraction of sp³-hybridized carbons (Fsp3) is 0.267. The Morgan fingerprint density at radius 3 is 2.59 bits per heavy atom. The minimum absolute atomic E-state index is 0.145. The topological polar surface area (TPSA) is 99.3 Å². The molecular formula is C15H15BrN2O4. The summed E-state index contributed by atoms with van der Waals surface area (Å²) in [6, 6.07) is 5.32. The van der Waals surface area contributed by atoms with Crippen LogP contribution in [0.1, 0.15) is 24.2 Å². The van der Waals surface area contributed by atoms with Gasteiger partial charge in [0.1, 0.15) is 6.04 Å². The van der Waals surface area contributed by atoms with Crippen molar-refractivity contribution in [3.8, 4) is 0 Å². The van der Waals surface area contributed by atoms with Gasteiger partial charge in [0, 0.05) is 15.9 Å². The molecule has 0 radical (unpaired) electrons. The number of aliphatic carboxylic acids is 1. The van der Waals surface area contributed by atoms with Gasteiger partial charge in [0.2, 0.25) is 5.56 Å². The summed E-state index contributed by atoms with van der Waals surface area (Å²) in [5.74, 6) is -1.98. The number of aromatic nitrogens is 1. The van der Waals surface area contributed by atoms with Crippen molar-refractivity contribution in [3.05, 3.63) is 44.7 Å². The van der Waals surface area contributed by atoms with Crippen LogP contribution in [0, 0.1) is 5.92 Å². The van der Waals surface area contributed by atoms with Crippen molar-refractivity contribution >= 4 is 38.7 Å². The van der Waals surface area contributed by atoms with Crippen molar-refractivity contribution in [2.45, 2.75) is 19.9 Å². The summed E-state index contributed by atoms with van der Waals surface area (Å²) in [5, 5.41) is 12.2. The van der Waals surface area contributed by atoms with Crippen LogP contribution in [0.2, 0.25) is 0 Å². The van der Waals surface area contributed by atoms with E-state index in [1.165, 1.54) is 6.07 Å². The third kappa shape index (κ3) is 3.19. The van der Waals surface area contributed by atoms with Gasteiger partial charge in [0.15, 0.2) is 0 Å². The zero-order valence-corrected chi connectivity index (χ0v) is 13.6. The molecule has 0 aliphatic heterocycles. The number of hydrogen-bond donors (Lipinski definition) is 3. The second kappa shape index (κ2) is 6.31. The number of aromatic amines is 1. The summed E-state index contributed by atoms with van der Waals surface area (Å²) >= 11 is 3.32. The largest absolute Gasteiger partial charge is 0.480 e. The van der Waals surface area contributed by atoms with E-state index in [2.05, 4.69) is 26.2 Å². The summed E-state index contributed by atoms with van der Waals surface area (Å²) in [4.78, 5) is 38.0. The first-order chi connectivity index (χ1) is 10.3. The molecule has 1 heterocycles. The van der Waals surface area contributed by atoms with Gasteiger partial charge in [-0.1, -0.05) is 26.0 Å². The molecule has 6 nitrogen and oxygen atoms in total. The molecule has 0 aliphatic rings. The second-order valence-electron chi connectivity index (χ2n) is 5.24. The lowest BCUT2D eigenvalue weighted by Crippen LogP contribution is -2.44. The molecule has 0 fully saturated rings. The Bertz CT molecular complexity index is 798. The predicted molar refractivity (Wildman–Crippen MR) is 86.0 cm³/mol. The standard InChI is InChI=1S/C15H15BrN2O4/c1-7(2)12(15(21)22)18-14(20)9-6-11(19)17-13-8(9)4-3-5-10(13)16/h3-7,12H,1-2H3,(H,17,19)(H,18,20)(H,21,22)/t12-/m0/s1. The number of nitrogens with one attached hydrogen (secondary N) is 2. The molecule has 22 heavy (non-hydrogen) atoms. The van der Waals surface area contributed by atoms with Crippen LogP contribution in [0.4, 0.5) is 0 Å². The van der Waals surface area contributed by atoms with E-state index in [9.17, 15) is 14.4 Å². The van der Waals surface area contributed by atoms with E-state index in [0.717, 1.165) is 0 Å². The van der Waals surface area contributed by atoms with E-state index < -0.39 is 23.5 Å². The van der Waals surface area contributed by atoms with Crippen LogP contribution in [0.15, 0.2) is 33.5 Å². The average Bonchev–Trinajstić information content (AvgIpc) is 2.44. The number of carboxylic acid groups (broad SMARTS) is 1. The molecule has 7 heteroatoms. The van der Waals surface area contributed by atoms with Gasteiger partial charge >= 0.3 is 5.97 Å². The number of halogens is 1. The molecule has 1 aromatic heterocycles. The molecule has 0 spiro atoms. The number of fused-ring (bicyclic) bond motifs is 1. The molecule has 0 unspecified atom stereocenters. The lowest BCUT2D eigenvalue weighted by Gasteiger charge is -2.18. The number of pyridine rings is 1. The van der Waals surface area contributed by atoms with Gasteiger partial charge in [0.05, 0.1) is 11.1 Å². The molecule has 116 valence electrons. The molecule has 0 bridgehead atoms. The summed E-state index contributed by atoms with van der Waals surface area (Å²) in [6.07, 6.45) is 0. The maximum atomic E-state index is 12.4. The molecule has 0 saturated heterocycles. The Morgan fingerprint density at radius 2 is 2.00 bits per heavy atom. The van der Waals surface area contributed by atoms with Crippen LogP contribution >= 0.6 is 15.9 Å². The average molecular weight is 367 g/mol. The lowest BCUT2D eigenvalue weighted by atomic mass is 10.0. The molecule has 3 N–H and O–H groups in total. The van der Waals surface area contributed by atoms with E-state index >= 15 is 0 Å². The number of benzene rings is 1. The number of rotatable bonds is 4. The zero-order valence-electron chi connectivity index (χ0n) is 12.0. The number of para-hydroxylation sites is 1. The van der Waals surface area contributed by atoms with Gasteiger partial charge < -0.3 is 15.4 Å². The Balaban J connectivity index is 2.50. The fourth-order valence-electron chi connectivity index (χ4n) is 2.16. The number of hydrogen-bond acceptors (Lipinski definition) is 3. The van der Waals surface area contributed by atoms with E-state index in [4.69, 9.17) is 5.11 Å². The van der Waals surface area contributed by atoms with E-state index in [1.54, 1.807) is 32.0 Å². The van der Waals surface area contributed by atoms with Crippen molar-refractivity contribution in [1.29, 1.82) is 0 Å². The van der Waals surface area contributed by atoms with Gasteiger partial charge in [-0.05, 0) is 27.9 Å². The molecule has 0 aliphatic carbocycles. The van der Waals surface area contributed by atoms with Crippen LogP contribution in [0.25, 0.3) is 10.9 Å². The van der Waals surface area contributed by atoms with Crippen molar-refractivity contribution < 1.29 is 14.7 Å². The number of H-pyrrole nitrogens is 1. The van der Waals surface area contributed by atoms with Crippen LogP contribution in [0.5, 0.6) is 0 Å². The van der Waals surface area contributed by atoms with Gasteiger partial charge in [-0.2, -0.15) is 0 Å². The third-order valence-electron chi connectivity index (χ3n) is 3.29. The Labute approximate surface area is 134 Å². The number of amides is 1. The Morgan fingerprint density at radius 1 is 1.32 bits per heavy atom. The minimum atomic E-state index is -1.11. The molecule has 0 saturated carbocycles. The van der Waals surface area contributed by atoms with Crippen LogP contribution in [-0.2, 0) is 4.79 Å². The SMILES string of the molecule is CC(C)[C@H](NC(=O)c1cc(=O)[nH]c2c(Br)cccc12)C(=O)O. The van der Waals surface area contributed by atoms with E-state index in [-0.39, 0.29) is 11.5 Å². The van der Waals surface area contributed by atoms with Crippen molar-refractivity contribution in [1.82, 2.24) is 10.3 Å². The summed E-state index contributed by atoms with van der Waals surface area (Å²) in [5.41, 5.74) is 0.212. The van der Waals surface area contributed by atoms with Crippen molar-refractivity contribution in [2.75, 3.05) is 0 Å². The Kier molecular flexibility index (Phi) is 4.65. The van der Waals surface area contributed by atoms with Crippen molar-refractivity contribution in [3.63, 3.8) is 0 Å². The van der Waals surface area contributed by atoms with E-state index in [0.29, 0.717) is 15.4 Å². The monoisotopic (exact) mass is 366 g/mol. The highest BCUT2D eigenvalue weighted by molar-refractivity contribution is 9.10. The smallest absolute Gasteiger partial charge is 0.326 e. The normalized spacial score (nSPS) is 12.4. The Hall–Kier alpha value is -2.15.